The first kappa shape index (κ1) is 16.6. The summed E-state index contributed by atoms with van der Waals surface area (Å²) in [5.74, 6) is 0. The van der Waals surface area contributed by atoms with E-state index in [2.05, 4.69) is 84.9 Å². The maximum Gasteiger partial charge on any atom is 0.0363 e. The molecular formula is C20H28N2. The molecule has 0 amide bonds. The average Bonchev–Trinajstić information content (AvgIpc) is 2.58. The molecule has 118 valence electrons. The number of unbranched alkanes of at least 4 members (excludes halogenated alkanes) is 1. The lowest BCUT2D eigenvalue weighted by molar-refractivity contribution is 0.489. The molecule has 0 aliphatic carbocycles. The maximum atomic E-state index is 3.61. The Bertz CT molecular complexity index is 510. The minimum Gasteiger partial charge on any atom is -0.375 e. The second-order valence-corrected chi connectivity index (χ2v) is 6.02. The third-order valence-corrected chi connectivity index (χ3v) is 4.08. The highest BCUT2D eigenvalue weighted by Gasteiger charge is 2.03. The molecule has 0 bridgehead atoms. The van der Waals surface area contributed by atoms with Crippen LogP contribution in [0.1, 0.15) is 31.7 Å². The zero-order valence-corrected chi connectivity index (χ0v) is 13.8. The average molecular weight is 296 g/mol. The van der Waals surface area contributed by atoms with Crippen LogP contribution >= 0.6 is 0 Å². The quantitative estimate of drug-likeness (QED) is 0.687. The molecule has 0 heterocycles. The highest BCUT2D eigenvalue weighted by atomic mass is 15.1. The van der Waals surface area contributed by atoms with E-state index in [0.29, 0.717) is 6.04 Å². The van der Waals surface area contributed by atoms with Crippen LogP contribution in [-0.2, 0) is 6.54 Å². The van der Waals surface area contributed by atoms with Crippen LogP contribution in [-0.4, -0.2) is 19.6 Å². The lowest BCUT2D eigenvalue weighted by Gasteiger charge is -2.20. The van der Waals surface area contributed by atoms with Gasteiger partial charge in [-0.25, -0.2) is 0 Å². The van der Waals surface area contributed by atoms with Crippen molar-refractivity contribution in [3.63, 3.8) is 0 Å². The van der Waals surface area contributed by atoms with Crippen molar-refractivity contribution >= 4 is 5.69 Å². The molecular weight excluding hydrogens is 268 g/mol. The third-order valence-electron chi connectivity index (χ3n) is 4.08. The van der Waals surface area contributed by atoms with Crippen LogP contribution in [0.3, 0.4) is 0 Å². The number of benzene rings is 2. The zero-order valence-electron chi connectivity index (χ0n) is 13.8. The summed E-state index contributed by atoms with van der Waals surface area (Å²) >= 11 is 0. The fourth-order valence-electron chi connectivity index (χ4n) is 2.60. The standard InChI is InChI=1S/C20H28N2/c1-18(21-17-19-12-5-3-6-13-19)11-9-10-16-22(2)20-14-7-4-8-15-20/h3-8,12-15,18,21H,9-11,16-17H2,1-2H3. The molecule has 22 heavy (non-hydrogen) atoms. The van der Waals surface area contributed by atoms with Crippen molar-refractivity contribution in [3.8, 4) is 0 Å². The Labute approximate surface area is 135 Å². The van der Waals surface area contributed by atoms with E-state index in [1.165, 1.54) is 30.5 Å². The fourth-order valence-corrected chi connectivity index (χ4v) is 2.60. The van der Waals surface area contributed by atoms with Gasteiger partial charge in [-0.1, -0.05) is 55.0 Å². The third kappa shape index (κ3) is 5.90. The van der Waals surface area contributed by atoms with Gasteiger partial charge in [-0.2, -0.15) is 0 Å². The van der Waals surface area contributed by atoms with Gasteiger partial charge in [0, 0.05) is 31.9 Å². The van der Waals surface area contributed by atoms with Gasteiger partial charge in [-0.15, -0.1) is 0 Å². The van der Waals surface area contributed by atoms with Crippen molar-refractivity contribution in [3.05, 3.63) is 66.2 Å². The predicted octanol–water partition coefficient (Wildman–Crippen LogP) is 4.47. The van der Waals surface area contributed by atoms with Gasteiger partial charge in [0.2, 0.25) is 0 Å². The van der Waals surface area contributed by atoms with Crippen LogP contribution in [0.15, 0.2) is 60.7 Å². The van der Waals surface area contributed by atoms with Gasteiger partial charge in [0.05, 0.1) is 0 Å². The SMILES string of the molecule is CC(CCCCN(C)c1ccccc1)NCc1ccccc1. The van der Waals surface area contributed by atoms with E-state index >= 15 is 0 Å². The topological polar surface area (TPSA) is 15.3 Å². The molecule has 2 heteroatoms. The van der Waals surface area contributed by atoms with Gasteiger partial charge in [0.15, 0.2) is 0 Å². The molecule has 1 N–H and O–H groups in total. The van der Waals surface area contributed by atoms with E-state index < -0.39 is 0 Å². The smallest absolute Gasteiger partial charge is 0.0363 e. The van der Waals surface area contributed by atoms with Crippen LogP contribution in [0.2, 0.25) is 0 Å². The molecule has 2 rings (SSSR count). The summed E-state index contributed by atoms with van der Waals surface area (Å²) in [4.78, 5) is 2.34. The van der Waals surface area contributed by atoms with Gasteiger partial charge in [-0.3, -0.25) is 0 Å². The van der Waals surface area contributed by atoms with Crippen LogP contribution in [0, 0.1) is 0 Å². The van der Waals surface area contributed by atoms with Gasteiger partial charge in [-0.05, 0) is 37.5 Å². The zero-order chi connectivity index (χ0) is 15.6. The fraction of sp³-hybridized carbons (Fsp3) is 0.400. The van der Waals surface area contributed by atoms with E-state index in [9.17, 15) is 0 Å². The Morgan fingerprint density at radius 2 is 1.55 bits per heavy atom. The van der Waals surface area contributed by atoms with Crippen LogP contribution in [0.25, 0.3) is 0 Å². The molecule has 0 spiro atoms. The Kier molecular flexibility index (Phi) is 6.98. The number of rotatable bonds is 9. The van der Waals surface area contributed by atoms with Crippen LogP contribution < -0.4 is 10.2 Å². The molecule has 0 aromatic heterocycles. The van der Waals surface area contributed by atoms with Crippen molar-refractivity contribution in [2.24, 2.45) is 0 Å². The van der Waals surface area contributed by atoms with Crippen molar-refractivity contribution in [2.45, 2.75) is 38.8 Å². The minimum absolute atomic E-state index is 0.572. The lowest BCUT2D eigenvalue weighted by Crippen LogP contribution is -2.26. The monoisotopic (exact) mass is 296 g/mol. The van der Waals surface area contributed by atoms with E-state index in [1.54, 1.807) is 0 Å². The van der Waals surface area contributed by atoms with Crippen molar-refractivity contribution < 1.29 is 0 Å². The van der Waals surface area contributed by atoms with Gasteiger partial charge in [0.1, 0.15) is 0 Å². The highest BCUT2D eigenvalue weighted by Crippen LogP contribution is 2.12. The summed E-state index contributed by atoms with van der Waals surface area (Å²) in [5, 5.41) is 3.61. The molecule has 1 unspecified atom stereocenters. The van der Waals surface area contributed by atoms with Gasteiger partial charge >= 0.3 is 0 Å². The molecule has 2 aromatic carbocycles. The number of nitrogens with one attached hydrogen (secondary N) is 1. The molecule has 0 radical (unpaired) electrons. The number of anilines is 1. The Morgan fingerprint density at radius 1 is 0.909 bits per heavy atom. The van der Waals surface area contributed by atoms with Crippen molar-refractivity contribution in [1.29, 1.82) is 0 Å². The van der Waals surface area contributed by atoms with Crippen molar-refractivity contribution in [2.75, 3.05) is 18.5 Å². The summed E-state index contributed by atoms with van der Waals surface area (Å²) in [6, 6.07) is 21.8. The summed E-state index contributed by atoms with van der Waals surface area (Å²) in [6.07, 6.45) is 3.73. The summed E-state index contributed by atoms with van der Waals surface area (Å²) < 4.78 is 0. The Morgan fingerprint density at radius 3 is 2.23 bits per heavy atom. The first-order valence-corrected chi connectivity index (χ1v) is 8.29. The summed E-state index contributed by atoms with van der Waals surface area (Å²) in [5.41, 5.74) is 2.66. The van der Waals surface area contributed by atoms with E-state index in [0.717, 1.165) is 13.1 Å². The number of hydrogen-bond donors (Lipinski definition) is 1. The molecule has 0 aliphatic heterocycles. The van der Waals surface area contributed by atoms with Gasteiger partial charge in [0.25, 0.3) is 0 Å². The Balaban J connectivity index is 1.58. The first-order chi connectivity index (χ1) is 10.8. The molecule has 1 atom stereocenters. The largest absolute Gasteiger partial charge is 0.375 e. The highest BCUT2D eigenvalue weighted by molar-refractivity contribution is 5.44. The minimum atomic E-state index is 0.572. The van der Waals surface area contributed by atoms with Crippen molar-refractivity contribution in [1.82, 2.24) is 5.32 Å². The number of nitrogens with zero attached hydrogens (tertiary/aromatic N) is 1. The second-order valence-electron chi connectivity index (χ2n) is 6.02. The molecule has 0 aliphatic rings. The molecule has 0 saturated carbocycles. The summed E-state index contributed by atoms with van der Waals surface area (Å²) in [6.45, 7) is 4.37. The number of para-hydroxylation sites is 1. The normalized spacial score (nSPS) is 12.1. The van der Waals surface area contributed by atoms with E-state index in [1.807, 2.05) is 0 Å². The Hall–Kier alpha value is -1.80. The molecule has 2 nitrogen and oxygen atoms in total. The van der Waals surface area contributed by atoms with Crippen LogP contribution in [0.5, 0.6) is 0 Å². The predicted molar refractivity (Wildman–Crippen MR) is 96.3 cm³/mol. The molecule has 0 fully saturated rings. The number of hydrogen-bond acceptors (Lipinski definition) is 2. The van der Waals surface area contributed by atoms with E-state index in [-0.39, 0.29) is 0 Å². The summed E-state index contributed by atoms with van der Waals surface area (Å²) in [7, 11) is 2.17. The molecule has 0 saturated heterocycles. The first-order valence-electron chi connectivity index (χ1n) is 8.29. The van der Waals surface area contributed by atoms with Gasteiger partial charge < -0.3 is 10.2 Å². The molecule has 2 aromatic rings. The lowest BCUT2D eigenvalue weighted by atomic mass is 10.1. The van der Waals surface area contributed by atoms with Crippen LogP contribution in [0.4, 0.5) is 5.69 Å². The maximum absolute atomic E-state index is 3.61. The van der Waals surface area contributed by atoms with E-state index in [4.69, 9.17) is 0 Å². The second kappa shape index (κ2) is 9.26.